The zero-order valence-corrected chi connectivity index (χ0v) is 17.6. The molecule has 4 rings (SSSR count). The van der Waals surface area contributed by atoms with Crippen LogP contribution in [-0.2, 0) is 19.4 Å². The third-order valence-corrected chi connectivity index (χ3v) is 5.46. The fourth-order valence-corrected chi connectivity index (χ4v) is 3.90. The molecule has 0 aliphatic rings. The normalized spacial score (nSPS) is 11.0. The molecule has 0 saturated carbocycles. The molecule has 0 aliphatic heterocycles. The molecule has 1 aromatic heterocycles. The van der Waals surface area contributed by atoms with Gasteiger partial charge in [0.25, 0.3) is 5.91 Å². The van der Waals surface area contributed by atoms with E-state index in [1.54, 1.807) is 0 Å². The molecule has 4 nitrogen and oxygen atoms in total. The molecule has 1 amide bonds. The van der Waals surface area contributed by atoms with Gasteiger partial charge in [-0.25, -0.2) is 4.98 Å². The van der Waals surface area contributed by atoms with E-state index in [9.17, 15) is 4.79 Å². The zero-order valence-electron chi connectivity index (χ0n) is 17.6. The summed E-state index contributed by atoms with van der Waals surface area (Å²) in [6, 6.07) is 24.6. The smallest absolute Gasteiger partial charge is 0.251 e. The Labute approximate surface area is 177 Å². The Morgan fingerprint density at radius 1 is 0.933 bits per heavy atom. The van der Waals surface area contributed by atoms with Crippen LogP contribution in [-0.4, -0.2) is 22.0 Å². The first-order valence-corrected chi connectivity index (χ1v) is 10.5. The third kappa shape index (κ3) is 4.43. The van der Waals surface area contributed by atoms with Gasteiger partial charge in [0.2, 0.25) is 0 Å². The van der Waals surface area contributed by atoms with Crippen molar-refractivity contribution in [1.29, 1.82) is 0 Å². The summed E-state index contributed by atoms with van der Waals surface area (Å²) in [5.41, 5.74) is 6.35. The zero-order chi connectivity index (χ0) is 20.9. The van der Waals surface area contributed by atoms with E-state index in [0.717, 1.165) is 46.5 Å². The highest BCUT2D eigenvalue weighted by atomic mass is 16.1. The van der Waals surface area contributed by atoms with Crippen molar-refractivity contribution < 1.29 is 4.79 Å². The summed E-state index contributed by atoms with van der Waals surface area (Å²) in [4.78, 5) is 17.4. The van der Waals surface area contributed by atoms with Gasteiger partial charge in [0.05, 0.1) is 11.0 Å². The average molecular weight is 398 g/mol. The van der Waals surface area contributed by atoms with Crippen molar-refractivity contribution >= 4 is 16.9 Å². The van der Waals surface area contributed by atoms with Crippen LogP contribution in [0, 0.1) is 13.8 Å². The van der Waals surface area contributed by atoms with Crippen molar-refractivity contribution in [2.24, 2.45) is 0 Å². The lowest BCUT2D eigenvalue weighted by atomic mass is 10.1. The van der Waals surface area contributed by atoms with Crippen LogP contribution in [0.25, 0.3) is 11.0 Å². The Morgan fingerprint density at radius 3 is 2.50 bits per heavy atom. The predicted molar refractivity (Wildman–Crippen MR) is 122 cm³/mol. The first-order valence-electron chi connectivity index (χ1n) is 10.5. The molecule has 0 radical (unpaired) electrons. The van der Waals surface area contributed by atoms with Crippen LogP contribution in [0.1, 0.15) is 32.9 Å². The maximum atomic E-state index is 12.6. The minimum absolute atomic E-state index is 0.0283. The van der Waals surface area contributed by atoms with E-state index < -0.39 is 0 Å². The van der Waals surface area contributed by atoms with Crippen molar-refractivity contribution in [3.05, 3.63) is 101 Å². The van der Waals surface area contributed by atoms with Gasteiger partial charge in [-0.2, -0.15) is 0 Å². The van der Waals surface area contributed by atoms with Gasteiger partial charge in [-0.3, -0.25) is 4.79 Å². The maximum Gasteiger partial charge on any atom is 0.251 e. The van der Waals surface area contributed by atoms with E-state index in [-0.39, 0.29) is 5.91 Å². The van der Waals surface area contributed by atoms with Gasteiger partial charge in [0, 0.05) is 25.1 Å². The summed E-state index contributed by atoms with van der Waals surface area (Å²) >= 11 is 0. The number of aryl methyl sites for hydroxylation is 4. The molecule has 152 valence electrons. The number of carbonyl (C=O) groups excluding carboxylic acids is 1. The van der Waals surface area contributed by atoms with E-state index in [1.807, 2.05) is 50.2 Å². The van der Waals surface area contributed by atoms with Crippen molar-refractivity contribution in [1.82, 2.24) is 14.9 Å². The Kier molecular flexibility index (Phi) is 5.94. The molecule has 0 bridgehead atoms. The largest absolute Gasteiger partial charge is 0.352 e. The number of imidazole rings is 1. The summed E-state index contributed by atoms with van der Waals surface area (Å²) in [7, 11) is 0. The number of carbonyl (C=O) groups is 1. The molecule has 30 heavy (non-hydrogen) atoms. The summed E-state index contributed by atoms with van der Waals surface area (Å²) in [5.74, 6) is 0.979. The molecule has 1 N–H and O–H groups in total. The van der Waals surface area contributed by atoms with Crippen LogP contribution in [0.5, 0.6) is 0 Å². The van der Waals surface area contributed by atoms with Gasteiger partial charge in [-0.1, -0.05) is 60.2 Å². The van der Waals surface area contributed by atoms with Crippen LogP contribution in [0.4, 0.5) is 0 Å². The average Bonchev–Trinajstić information content (AvgIpc) is 3.10. The Balaban J connectivity index is 1.47. The number of hydrogen-bond acceptors (Lipinski definition) is 2. The van der Waals surface area contributed by atoms with Gasteiger partial charge in [-0.05, 0) is 49.6 Å². The number of nitrogens with one attached hydrogen (secondary N) is 1. The Bertz CT molecular complexity index is 1160. The number of para-hydroxylation sites is 2. The minimum Gasteiger partial charge on any atom is -0.352 e. The highest BCUT2D eigenvalue weighted by Gasteiger charge is 2.12. The lowest BCUT2D eigenvalue weighted by Gasteiger charge is -2.11. The number of fused-ring (bicyclic) bond motifs is 1. The quantitative estimate of drug-likeness (QED) is 0.484. The topological polar surface area (TPSA) is 46.9 Å². The molecule has 0 fully saturated rings. The Hall–Kier alpha value is -3.40. The molecule has 3 aromatic carbocycles. The van der Waals surface area contributed by atoms with Crippen LogP contribution in [0.15, 0.2) is 72.8 Å². The van der Waals surface area contributed by atoms with Crippen molar-refractivity contribution in [2.75, 3.05) is 6.54 Å². The SMILES string of the molecule is Cc1ccc(C(=O)NCCc2nc3ccccc3n2CCc2ccccc2)c(C)c1. The van der Waals surface area contributed by atoms with E-state index in [2.05, 4.69) is 46.3 Å². The molecular weight excluding hydrogens is 370 g/mol. The number of benzene rings is 3. The second-order valence-corrected chi connectivity index (χ2v) is 7.73. The molecule has 1 heterocycles. The van der Waals surface area contributed by atoms with Crippen molar-refractivity contribution in [3.8, 4) is 0 Å². The van der Waals surface area contributed by atoms with E-state index >= 15 is 0 Å². The molecule has 4 heteroatoms. The number of aromatic nitrogens is 2. The molecule has 0 spiro atoms. The maximum absolute atomic E-state index is 12.6. The predicted octanol–water partition coefficient (Wildman–Crippen LogP) is 4.87. The van der Waals surface area contributed by atoms with Crippen LogP contribution < -0.4 is 5.32 Å². The minimum atomic E-state index is -0.0283. The van der Waals surface area contributed by atoms with E-state index in [1.165, 1.54) is 5.56 Å². The number of amides is 1. The van der Waals surface area contributed by atoms with Crippen LogP contribution in [0.3, 0.4) is 0 Å². The van der Waals surface area contributed by atoms with Crippen molar-refractivity contribution in [3.63, 3.8) is 0 Å². The highest BCUT2D eigenvalue weighted by Crippen LogP contribution is 2.18. The number of nitrogens with zero attached hydrogens (tertiary/aromatic N) is 2. The van der Waals surface area contributed by atoms with Crippen LogP contribution >= 0.6 is 0 Å². The fraction of sp³-hybridized carbons (Fsp3) is 0.231. The van der Waals surface area contributed by atoms with Gasteiger partial charge in [0.1, 0.15) is 5.82 Å². The number of rotatable bonds is 7. The molecular formula is C26H27N3O. The second-order valence-electron chi connectivity index (χ2n) is 7.73. The first kappa shape index (κ1) is 19.9. The molecule has 4 aromatic rings. The number of hydrogen-bond donors (Lipinski definition) is 1. The van der Waals surface area contributed by atoms with Crippen molar-refractivity contribution in [2.45, 2.75) is 33.2 Å². The molecule has 0 atom stereocenters. The van der Waals surface area contributed by atoms with Gasteiger partial charge < -0.3 is 9.88 Å². The lowest BCUT2D eigenvalue weighted by Crippen LogP contribution is -2.27. The fourth-order valence-electron chi connectivity index (χ4n) is 3.90. The van der Waals surface area contributed by atoms with E-state index in [4.69, 9.17) is 4.98 Å². The van der Waals surface area contributed by atoms with Crippen LogP contribution in [0.2, 0.25) is 0 Å². The lowest BCUT2D eigenvalue weighted by molar-refractivity contribution is 0.0953. The molecule has 0 saturated heterocycles. The third-order valence-electron chi connectivity index (χ3n) is 5.46. The monoisotopic (exact) mass is 397 g/mol. The first-order chi connectivity index (χ1) is 14.6. The van der Waals surface area contributed by atoms with Gasteiger partial charge in [-0.15, -0.1) is 0 Å². The molecule has 0 unspecified atom stereocenters. The van der Waals surface area contributed by atoms with E-state index in [0.29, 0.717) is 13.0 Å². The Morgan fingerprint density at radius 2 is 1.70 bits per heavy atom. The highest BCUT2D eigenvalue weighted by molar-refractivity contribution is 5.95. The van der Waals surface area contributed by atoms with Gasteiger partial charge >= 0.3 is 0 Å². The summed E-state index contributed by atoms with van der Waals surface area (Å²) < 4.78 is 2.28. The molecule has 0 aliphatic carbocycles. The summed E-state index contributed by atoms with van der Waals surface area (Å²) in [6.07, 6.45) is 1.64. The standard InChI is InChI=1S/C26H27N3O/c1-19-12-13-22(20(2)18-19)26(30)27-16-14-25-28-23-10-6-7-11-24(23)29(25)17-15-21-8-4-3-5-9-21/h3-13,18H,14-17H2,1-2H3,(H,27,30). The summed E-state index contributed by atoms with van der Waals surface area (Å²) in [6.45, 7) is 5.44. The van der Waals surface area contributed by atoms with Gasteiger partial charge in [0.15, 0.2) is 0 Å². The second kappa shape index (κ2) is 8.95. The summed E-state index contributed by atoms with van der Waals surface area (Å²) in [5, 5.41) is 3.06.